The van der Waals surface area contributed by atoms with E-state index < -0.39 is 22.3 Å². The van der Waals surface area contributed by atoms with E-state index >= 15 is 0 Å². The van der Waals surface area contributed by atoms with E-state index in [-0.39, 0.29) is 5.91 Å². The summed E-state index contributed by atoms with van der Waals surface area (Å²) in [4.78, 5) is 13.5. The van der Waals surface area contributed by atoms with Crippen LogP contribution in [-0.2, 0) is 15.0 Å². The second kappa shape index (κ2) is 6.93. The van der Waals surface area contributed by atoms with Crippen LogP contribution in [0.3, 0.4) is 0 Å². The van der Waals surface area contributed by atoms with Crippen LogP contribution in [0.5, 0.6) is 0 Å². The molecule has 2 heterocycles. The van der Waals surface area contributed by atoms with Crippen LogP contribution in [-0.4, -0.2) is 31.7 Å². The van der Waals surface area contributed by atoms with E-state index in [1.807, 2.05) is 23.6 Å². The smallest absolute Gasteiger partial charge is 0.280 e. The first kappa shape index (κ1) is 17.6. The highest BCUT2D eigenvalue weighted by atomic mass is 79.9. The summed E-state index contributed by atoms with van der Waals surface area (Å²) in [6, 6.07) is 9.74. The van der Waals surface area contributed by atoms with Crippen LogP contribution in [0, 0.1) is 0 Å². The second-order valence-electron chi connectivity index (χ2n) is 5.46. The van der Waals surface area contributed by atoms with Gasteiger partial charge in [-0.15, -0.1) is 11.3 Å². The van der Waals surface area contributed by atoms with Gasteiger partial charge in [0.2, 0.25) is 5.91 Å². The summed E-state index contributed by atoms with van der Waals surface area (Å²) in [5, 5.41) is 4.67. The lowest BCUT2D eigenvalue weighted by atomic mass is 10.1. The molecule has 2 unspecified atom stereocenters. The SMILES string of the molecule is CN1C(C(=O)Nc2cccc(Br)c2)CC(c2cccs2)NS1(=O)=O. The number of amides is 1. The molecule has 1 aromatic heterocycles. The Balaban J connectivity index is 1.83. The number of likely N-dealkylation sites (N-methyl/N-ethyl adjacent to an activating group) is 1. The molecule has 9 heteroatoms. The molecule has 2 N–H and O–H groups in total. The van der Waals surface area contributed by atoms with E-state index in [1.54, 1.807) is 18.2 Å². The molecular formula is C15H16BrN3O3S2. The van der Waals surface area contributed by atoms with E-state index in [9.17, 15) is 13.2 Å². The average Bonchev–Trinajstić information content (AvgIpc) is 3.04. The number of anilines is 1. The Morgan fingerprint density at radius 2 is 2.17 bits per heavy atom. The molecule has 2 aromatic rings. The summed E-state index contributed by atoms with van der Waals surface area (Å²) in [7, 11) is -2.30. The van der Waals surface area contributed by atoms with Crippen molar-refractivity contribution in [2.75, 3.05) is 12.4 Å². The third-order valence-corrected chi connectivity index (χ3v) is 6.92. The monoisotopic (exact) mass is 429 g/mol. The van der Waals surface area contributed by atoms with Gasteiger partial charge < -0.3 is 5.32 Å². The topological polar surface area (TPSA) is 78.5 Å². The van der Waals surface area contributed by atoms with Crippen molar-refractivity contribution in [3.05, 3.63) is 51.1 Å². The Bertz CT molecular complexity index is 839. The first-order valence-electron chi connectivity index (χ1n) is 7.22. The van der Waals surface area contributed by atoms with Gasteiger partial charge in [-0.3, -0.25) is 4.79 Å². The predicted molar refractivity (Wildman–Crippen MR) is 98.1 cm³/mol. The van der Waals surface area contributed by atoms with Crippen LogP contribution in [0.4, 0.5) is 5.69 Å². The maximum absolute atomic E-state index is 12.6. The molecule has 0 saturated carbocycles. The maximum atomic E-state index is 12.6. The van der Waals surface area contributed by atoms with Crippen LogP contribution in [0.2, 0.25) is 0 Å². The maximum Gasteiger partial charge on any atom is 0.280 e. The fourth-order valence-corrected chi connectivity index (χ4v) is 5.11. The van der Waals surface area contributed by atoms with E-state index in [0.29, 0.717) is 12.1 Å². The molecule has 6 nitrogen and oxygen atoms in total. The number of hydrogen-bond acceptors (Lipinski definition) is 4. The van der Waals surface area contributed by atoms with Crippen molar-refractivity contribution >= 4 is 49.1 Å². The molecule has 0 bridgehead atoms. The van der Waals surface area contributed by atoms with Crippen molar-refractivity contribution in [1.29, 1.82) is 0 Å². The van der Waals surface area contributed by atoms with Gasteiger partial charge in [0.25, 0.3) is 10.2 Å². The highest BCUT2D eigenvalue weighted by Gasteiger charge is 2.40. The molecule has 1 amide bonds. The Hall–Kier alpha value is -1.26. The molecule has 0 spiro atoms. The normalized spacial score (nSPS) is 23.8. The fraction of sp³-hybridized carbons (Fsp3) is 0.267. The van der Waals surface area contributed by atoms with Gasteiger partial charge in [0.1, 0.15) is 6.04 Å². The average molecular weight is 430 g/mol. The van der Waals surface area contributed by atoms with Crippen LogP contribution in [0.15, 0.2) is 46.3 Å². The summed E-state index contributed by atoms with van der Waals surface area (Å²) in [5.74, 6) is -0.345. The summed E-state index contributed by atoms with van der Waals surface area (Å²) in [6.07, 6.45) is 0.371. The van der Waals surface area contributed by atoms with Crippen LogP contribution in [0.1, 0.15) is 17.3 Å². The molecule has 1 aromatic carbocycles. The number of halogens is 1. The number of nitrogens with one attached hydrogen (secondary N) is 2. The minimum absolute atomic E-state index is 0.345. The lowest BCUT2D eigenvalue weighted by Gasteiger charge is -2.35. The molecule has 1 aliphatic heterocycles. The largest absolute Gasteiger partial charge is 0.325 e. The number of nitrogens with zero attached hydrogens (tertiary/aromatic N) is 1. The number of thiophene rings is 1. The van der Waals surface area contributed by atoms with E-state index in [2.05, 4.69) is 26.0 Å². The summed E-state index contributed by atoms with van der Waals surface area (Å²) < 4.78 is 29.2. The molecular weight excluding hydrogens is 414 g/mol. The molecule has 0 aliphatic carbocycles. The Morgan fingerprint density at radius 3 is 2.83 bits per heavy atom. The lowest BCUT2D eigenvalue weighted by Crippen LogP contribution is -2.55. The van der Waals surface area contributed by atoms with Gasteiger partial charge in [0.15, 0.2) is 0 Å². The standard InChI is InChI=1S/C15H16BrN3O3S2/c1-19-13(15(20)17-11-5-2-4-10(16)8-11)9-12(18-24(19,21)22)14-6-3-7-23-14/h2-8,12-13,18H,9H2,1H3,(H,17,20). The quantitative estimate of drug-likeness (QED) is 0.786. The van der Waals surface area contributed by atoms with E-state index in [0.717, 1.165) is 13.7 Å². The van der Waals surface area contributed by atoms with Gasteiger partial charge in [-0.1, -0.05) is 28.1 Å². The highest BCUT2D eigenvalue weighted by Crippen LogP contribution is 2.30. The van der Waals surface area contributed by atoms with Crippen LogP contribution < -0.4 is 10.0 Å². The highest BCUT2D eigenvalue weighted by molar-refractivity contribution is 9.10. The van der Waals surface area contributed by atoms with Gasteiger partial charge >= 0.3 is 0 Å². The molecule has 3 rings (SSSR count). The zero-order chi connectivity index (χ0) is 17.3. The number of carbonyl (C=O) groups is 1. The van der Waals surface area contributed by atoms with Crippen molar-refractivity contribution in [2.45, 2.75) is 18.5 Å². The first-order valence-corrected chi connectivity index (χ1v) is 10.3. The van der Waals surface area contributed by atoms with E-state index in [4.69, 9.17) is 0 Å². The Labute approximate surface area is 153 Å². The zero-order valence-electron chi connectivity index (χ0n) is 12.8. The molecule has 0 radical (unpaired) electrons. The summed E-state index contributed by atoms with van der Waals surface area (Å²) in [5.41, 5.74) is 0.617. The Morgan fingerprint density at radius 1 is 1.38 bits per heavy atom. The van der Waals surface area contributed by atoms with Crippen molar-refractivity contribution < 1.29 is 13.2 Å². The van der Waals surface area contributed by atoms with Crippen LogP contribution in [0.25, 0.3) is 0 Å². The van der Waals surface area contributed by atoms with Gasteiger partial charge in [-0.25, -0.2) is 0 Å². The van der Waals surface area contributed by atoms with Gasteiger partial charge in [0.05, 0.1) is 6.04 Å². The lowest BCUT2D eigenvalue weighted by molar-refractivity contribution is -0.120. The van der Waals surface area contributed by atoms with Gasteiger partial charge in [-0.05, 0) is 36.1 Å². The molecule has 24 heavy (non-hydrogen) atoms. The number of rotatable bonds is 3. The summed E-state index contributed by atoms with van der Waals surface area (Å²) in [6.45, 7) is 0. The van der Waals surface area contributed by atoms with Crippen molar-refractivity contribution in [3.8, 4) is 0 Å². The van der Waals surface area contributed by atoms with Gasteiger partial charge in [0, 0.05) is 22.1 Å². The predicted octanol–water partition coefficient (Wildman–Crippen LogP) is 2.73. The van der Waals surface area contributed by atoms with Crippen LogP contribution >= 0.6 is 27.3 Å². The molecule has 1 saturated heterocycles. The van der Waals surface area contributed by atoms with Crippen molar-refractivity contribution in [2.24, 2.45) is 0 Å². The third-order valence-electron chi connectivity index (χ3n) is 3.85. The van der Waals surface area contributed by atoms with Crippen molar-refractivity contribution in [1.82, 2.24) is 9.03 Å². The number of carbonyl (C=O) groups excluding carboxylic acids is 1. The first-order chi connectivity index (χ1) is 11.4. The number of benzene rings is 1. The molecule has 1 fully saturated rings. The van der Waals surface area contributed by atoms with Crippen molar-refractivity contribution in [3.63, 3.8) is 0 Å². The number of hydrogen-bond donors (Lipinski definition) is 2. The Kier molecular flexibility index (Phi) is 5.07. The molecule has 1 aliphatic rings. The minimum atomic E-state index is -3.71. The third kappa shape index (κ3) is 3.70. The van der Waals surface area contributed by atoms with Gasteiger partial charge in [-0.2, -0.15) is 17.4 Å². The zero-order valence-corrected chi connectivity index (χ0v) is 16.0. The minimum Gasteiger partial charge on any atom is -0.325 e. The second-order valence-corrected chi connectivity index (χ2v) is 9.11. The fourth-order valence-electron chi connectivity index (χ4n) is 2.58. The summed E-state index contributed by atoms with van der Waals surface area (Å²) >= 11 is 4.82. The molecule has 2 atom stereocenters. The molecule has 128 valence electrons. The van der Waals surface area contributed by atoms with E-state index in [1.165, 1.54) is 18.4 Å².